The third-order valence-corrected chi connectivity index (χ3v) is 4.77. The largest absolute Gasteiger partial charge is 0.481 e. The molecule has 0 aromatic rings. The van der Waals surface area contributed by atoms with Gasteiger partial charge in [-0.15, -0.1) is 0 Å². The Hall–Kier alpha value is -1.10. The molecule has 2 fully saturated rings. The minimum absolute atomic E-state index is 0.00949. The number of carboxylic acids is 1. The lowest BCUT2D eigenvalue weighted by molar-refractivity contribution is -0.154. The van der Waals surface area contributed by atoms with E-state index in [4.69, 9.17) is 5.11 Å². The van der Waals surface area contributed by atoms with E-state index in [9.17, 15) is 14.7 Å². The predicted molar refractivity (Wildman–Crippen MR) is 74.1 cm³/mol. The van der Waals surface area contributed by atoms with Gasteiger partial charge < -0.3 is 15.1 Å². The van der Waals surface area contributed by atoms with E-state index in [1.807, 2.05) is 4.90 Å². The third-order valence-electron chi connectivity index (χ3n) is 4.77. The van der Waals surface area contributed by atoms with Crippen LogP contribution in [-0.2, 0) is 9.59 Å². The first-order valence-corrected chi connectivity index (χ1v) is 7.79. The van der Waals surface area contributed by atoms with E-state index in [1.165, 1.54) is 0 Å². The van der Waals surface area contributed by atoms with E-state index in [-0.39, 0.29) is 24.5 Å². The molecule has 1 amide bonds. The molecule has 0 bridgehead atoms. The van der Waals surface area contributed by atoms with E-state index >= 15 is 0 Å². The number of carbonyl (C=O) groups is 2. The molecule has 1 aliphatic heterocycles. The van der Waals surface area contributed by atoms with Crippen molar-refractivity contribution in [1.29, 1.82) is 0 Å². The van der Waals surface area contributed by atoms with Crippen LogP contribution in [0, 0.1) is 11.8 Å². The first-order chi connectivity index (χ1) is 9.65. The van der Waals surface area contributed by atoms with Gasteiger partial charge in [-0.05, 0) is 38.5 Å². The molecule has 0 aromatic heterocycles. The van der Waals surface area contributed by atoms with Crippen LogP contribution in [-0.4, -0.2) is 46.2 Å². The molecule has 1 saturated carbocycles. The van der Waals surface area contributed by atoms with Crippen molar-refractivity contribution in [2.45, 2.75) is 57.4 Å². The van der Waals surface area contributed by atoms with E-state index < -0.39 is 11.9 Å². The van der Waals surface area contributed by atoms with Gasteiger partial charge in [0, 0.05) is 19.2 Å². The van der Waals surface area contributed by atoms with Gasteiger partial charge in [0.1, 0.15) is 0 Å². The Labute approximate surface area is 120 Å². The van der Waals surface area contributed by atoms with Crippen LogP contribution in [0.25, 0.3) is 0 Å². The fraction of sp³-hybridized carbons (Fsp3) is 0.867. The van der Waals surface area contributed by atoms with Crippen molar-refractivity contribution < 1.29 is 19.8 Å². The van der Waals surface area contributed by atoms with Crippen LogP contribution in [0.5, 0.6) is 0 Å². The summed E-state index contributed by atoms with van der Waals surface area (Å²) in [5.41, 5.74) is 0. The Balaban J connectivity index is 2.08. The Morgan fingerprint density at radius 1 is 1.00 bits per heavy atom. The van der Waals surface area contributed by atoms with Crippen molar-refractivity contribution in [2.75, 3.05) is 13.2 Å². The summed E-state index contributed by atoms with van der Waals surface area (Å²) in [6.45, 7) is 0.799. The zero-order chi connectivity index (χ0) is 14.5. The Kier molecular flexibility index (Phi) is 5.40. The number of piperidine rings is 1. The monoisotopic (exact) mass is 283 g/mol. The van der Waals surface area contributed by atoms with Crippen molar-refractivity contribution >= 4 is 11.9 Å². The lowest BCUT2D eigenvalue weighted by Crippen LogP contribution is -2.49. The van der Waals surface area contributed by atoms with Gasteiger partial charge >= 0.3 is 5.97 Å². The Morgan fingerprint density at radius 2 is 1.65 bits per heavy atom. The van der Waals surface area contributed by atoms with Gasteiger partial charge in [-0.1, -0.05) is 12.8 Å². The molecule has 1 heterocycles. The zero-order valence-corrected chi connectivity index (χ0v) is 12.0. The summed E-state index contributed by atoms with van der Waals surface area (Å²) in [5, 5.41) is 18.5. The summed E-state index contributed by atoms with van der Waals surface area (Å²) in [7, 11) is 0. The van der Waals surface area contributed by atoms with Crippen molar-refractivity contribution in [1.82, 2.24) is 4.90 Å². The molecular formula is C15H25NO4. The van der Waals surface area contributed by atoms with Crippen molar-refractivity contribution in [3.05, 3.63) is 0 Å². The summed E-state index contributed by atoms with van der Waals surface area (Å²) >= 11 is 0. The molecule has 1 saturated heterocycles. The van der Waals surface area contributed by atoms with Gasteiger partial charge in [0.05, 0.1) is 11.8 Å². The summed E-state index contributed by atoms with van der Waals surface area (Å²) in [6.07, 6.45) is 6.76. The number of aliphatic hydroxyl groups excluding tert-OH is 1. The standard InChI is InChI=1S/C15H25NO4/c17-10-8-11-5-3-4-9-16(11)14(18)12-6-1-2-7-13(12)15(19)20/h11-13,17H,1-10H2,(H,19,20). The number of carbonyl (C=O) groups excluding carboxylic acids is 1. The Morgan fingerprint density at radius 3 is 2.30 bits per heavy atom. The molecule has 3 atom stereocenters. The fourth-order valence-corrected chi connectivity index (χ4v) is 3.67. The number of aliphatic carboxylic acids is 1. The molecule has 5 heteroatoms. The highest BCUT2D eigenvalue weighted by atomic mass is 16.4. The van der Waals surface area contributed by atoms with Crippen molar-refractivity contribution in [3.8, 4) is 0 Å². The lowest BCUT2D eigenvalue weighted by atomic mass is 9.78. The number of hydrogen-bond donors (Lipinski definition) is 2. The summed E-state index contributed by atoms with van der Waals surface area (Å²) in [6, 6.07) is 0.0950. The summed E-state index contributed by atoms with van der Waals surface area (Å²) < 4.78 is 0. The summed E-state index contributed by atoms with van der Waals surface area (Å²) in [5.74, 6) is -1.71. The average Bonchev–Trinajstić information content (AvgIpc) is 2.47. The van der Waals surface area contributed by atoms with Crippen LogP contribution in [0.2, 0.25) is 0 Å². The first-order valence-electron chi connectivity index (χ1n) is 7.79. The van der Waals surface area contributed by atoms with E-state index in [0.717, 1.165) is 32.1 Å². The van der Waals surface area contributed by atoms with E-state index in [2.05, 4.69) is 0 Å². The molecule has 1 aliphatic carbocycles. The van der Waals surface area contributed by atoms with E-state index in [1.54, 1.807) is 0 Å². The lowest BCUT2D eigenvalue weighted by Gasteiger charge is -2.40. The van der Waals surface area contributed by atoms with Crippen LogP contribution in [0.4, 0.5) is 0 Å². The second-order valence-corrected chi connectivity index (χ2v) is 6.03. The minimum Gasteiger partial charge on any atom is -0.481 e. The third kappa shape index (κ3) is 3.32. The topological polar surface area (TPSA) is 77.8 Å². The number of aliphatic hydroxyl groups is 1. The van der Waals surface area contributed by atoms with Crippen LogP contribution < -0.4 is 0 Å². The number of carboxylic acid groups (broad SMARTS) is 1. The molecule has 0 spiro atoms. The molecule has 0 radical (unpaired) electrons. The first kappa shape index (κ1) is 15.3. The molecule has 3 unspecified atom stereocenters. The number of amides is 1. The number of likely N-dealkylation sites (tertiary alicyclic amines) is 1. The minimum atomic E-state index is -0.834. The molecule has 0 aromatic carbocycles. The van der Waals surface area contributed by atoms with Gasteiger partial charge in [0.25, 0.3) is 0 Å². The molecule has 114 valence electrons. The summed E-state index contributed by atoms with van der Waals surface area (Å²) in [4.78, 5) is 25.9. The van der Waals surface area contributed by atoms with Crippen LogP contribution in [0.15, 0.2) is 0 Å². The van der Waals surface area contributed by atoms with Gasteiger partial charge in [-0.2, -0.15) is 0 Å². The fourth-order valence-electron chi connectivity index (χ4n) is 3.67. The smallest absolute Gasteiger partial charge is 0.307 e. The molecule has 5 nitrogen and oxygen atoms in total. The highest BCUT2D eigenvalue weighted by molar-refractivity contribution is 5.85. The van der Waals surface area contributed by atoms with Crippen LogP contribution >= 0.6 is 0 Å². The normalized spacial score (nSPS) is 31.1. The number of rotatable bonds is 4. The van der Waals surface area contributed by atoms with Crippen molar-refractivity contribution in [2.24, 2.45) is 11.8 Å². The molecular weight excluding hydrogens is 258 g/mol. The van der Waals surface area contributed by atoms with Gasteiger partial charge in [0.15, 0.2) is 0 Å². The maximum Gasteiger partial charge on any atom is 0.307 e. The number of hydrogen-bond acceptors (Lipinski definition) is 3. The van der Waals surface area contributed by atoms with E-state index in [0.29, 0.717) is 25.8 Å². The predicted octanol–water partition coefficient (Wildman–Crippen LogP) is 1.64. The second-order valence-electron chi connectivity index (χ2n) is 6.03. The van der Waals surface area contributed by atoms with Crippen LogP contribution in [0.1, 0.15) is 51.4 Å². The second kappa shape index (κ2) is 7.07. The molecule has 20 heavy (non-hydrogen) atoms. The molecule has 2 rings (SSSR count). The zero-order valence-electron chi connectivity index (χ0n) is 12.0. The average molecular weight is 283 g/mol. The molecule has 2 aliphatic rings. The van der Waals surface area contributed by atoms with Crippen molar-refractivity contribution in [3.63, 3.8) is 0 Å². The highest BCUT2D eigenvalue weighted by Gasteiger charge is 2.39. The highest BCUT2D eigenvalue weighted by Crippen LogP contribution is 2.33. The van der Waals surface area contributed by atoms with Gasteiger partial charge in [-0.3, -0.25) is 9.59 Å². The van der Waals surface area contributed by atoms with Gasteiger partial charge in [0.2, 0.25) is 5.91 Å². The quantitative estimate of drug-likeness (QED) is 0.822. The SMILES string of the molecule is O=C(O)C1CCCCC1C(=O)N1CCCCC1CCO. The maximum atomic E-state index is 12.7. The Bertz CT molecular complexity index is 356. The van der Waals surface area contributed by atoms with Crippen LogP contribution in [0.3, 0.4) is 0 Å². The van der Waals surface area contributed by atoms with Gasteiger partial charge in [-0.25, -0.2) is 0 Å². The maximum absolute atomic E-state index is 12.7. The number of nitrogens with zero attached hydrogens (tertiary/aromatic N) is 1. The molecule has 2 N–H and O–H groups in total.